The zero-order valence-electron chi connectivity index (χ0n) is 8.40. The lowest BCUT2D eigenvalue weighted by atomic mass is 10.3. The SMILES string of the molecule is CCCc1nc(Cl)cc(-c2ccco2)n1. The molecule has 2 heterocycles. The molecule has 0 atom stereocenters. The van der Waals surface area contributed by atoms with Gasteiger partial charge in [-0.25, -0.2) is 9.97 Å². The summed E-state index contributed by atoms with van der Waals surface area (Å²) in [6.45, 7) is 2.08. The van der Waals surface area contributed by atoms with Gasteiger partial charge in [0, 0.05) is 12.5 Å². The molecule has 0 aliphatic carbocycles. The Morgan fingerprint density at radius 2 is 2.27 bits per heavy atom. The molecule has 0 saturated carbocycles. The van der Waals surface area contributed by atoms with Crippen molar-refractivity contribution in [3.8, 4) is 11.5 Å². The van der Waals surface area contributed by atoms with Crippen molar-refractivity contribution >= 4 is 11.6 Å². The van der Waals surface area contributed by atoms with Crippen molar-refractivity contribution in [1.82, 2.24) is 9.97 Å². The van der Waals surface area contributed by atoms with Crippen molar-refractivity contribution in [1.29, 1.82) is 0 Å². The quantitative estimate of drug-likeness (QED) is 0.748. The number of aromatic nitrogens is 2. The third kappa shape index (κ3) is 2.36. The van der Waals surface area contributed by atoms with E-state index in [2.05, 4.69) is 16.9 Å². The number of rotatable bonds is 3. The van der Waals surface area contributed by atoms with Gasteiger partial charge in [-0.15, -0.1) is 0 Å². The van der Waals surface area contributed by atoms with Gasteiger partial charge in [-0.1, -0.05) is 18.5 Å². The average molecular weight is 223 g/mol. The van der Waals surface area contributed by atoms with Crippen LogP contribution in [-0.4, -0.2) is 9.97 Å². The molecule has 0 spiro atoms. The molecular weight excluding hydrogens is 212 g/mol. The minimum Gasteiger partial charge on any atom is -0.463 e. The van der Waals surface area contributed by atoms with Gasteiger partial charge in [0.1, 0.15) is 16.7 Å². The molecule has 0 amide bonds. The Bertz CT molecular complexity index is 440. The molecule has 0 unspecified atom stereocenters. The van der Waals surface area contributed by atoms with Crippen LogP contribution < -0.4 is 0 Å². The van der Waals surface area contributed by atoms with Crippen molar-refractivity contribution in [2.45, 2.75) is 19.8 Å². The smallest absolute Gasteiger partial charge is 0.152 e. The minimum atomic E-state index is 0.458. The first-order valence-electron chi connectivity index (χ1n) is 4.87. The van der Waals surface area contributed by atoms with Crippen molar-refractivity contribution in [2.75, 3.05) is 0 Å². The maximum Gasteiger partial charge on any atom is 0.152 e. The van der Waals surface area contributed by atoms with Crippen LogP contribution in [0.2, 0.25) is 5.15 Å². The molecule has 0 radical (unpaired) electrons. The minimum absolute atomic E-state index is 0.458. The highest BCUT2D eigenvalue weighted by atomic mass is 35.5. The summed E-state index contributed by atoms with van der Waals surface area (Å²) < 4.78 is 5.26. The summed E-state index contributed by atoms with van der Waals surface area (Å²) in [6.07, 6.45) is 3.44. The van der Waals surface area contributed by atoms with Gasteiger partial charge >= 0.3 is 0 Å². The Labute approximate surface area is 93.1 Å². The van der Waals surface area contributed by atoms with E-state index in [0.717, 1.165) is 30.1 Å². The third-order valence-electron chi connectivity index (χ3n) is 1.99. The van der Waals surface area contributed by atoms with Gasteiger partial charge in [-0.05, 0) is 18.6 Å². The van der Waals surface area contributed by atoms with E-state index >= 15 is 0 Å². The lowest BCUT2D eigenvalue weighted by Gasteiger charge is -2.01. The number of hydrogen-bond donors (Lipinski definition) is 0. The van der Waals surface area contributed by atoms with Crippen LogP contribution in [0.15, 0.2) is 28.9 Å². The zero-order valence-corrected chi connectivity index (χ0v) is 9.16. The van der Waals surface area contributed by atoms with Crippen LogP contribution in [0.1, 0.15) is 19.2 Å². The standard InChI is InChI=1S/C11H11ClN2O/c1-2-4-11-13-8(7-10(12)14-11)9-5-3-6-15-9/h3,5-7H,2,4H2,1H3. The van der Waals surface area contributed by atoms with Crippen LogP contribution in [-0.2, 0) is 6.42 Å². The fourth-order valence-electron chi connectivity index (χ4n) is 1.35. The molecule has 2 aromatic rings. The molecule has 2 aromatic heterocycles. The summed E-state index contributed by atoms with van der Waals surface area (Å²) in [5.74, 6) is 1.48. The molecule has 0 fully saturated rings. The highest BCUT2D eigenvalue weighted by Gasteiger charge is 2.06. The third-order valence-corrected chi connectivity index (χ3v) is 2.18. The predicted molar refractivity (Wildman–Crippen MR) is 58.7 cm³/mol. The van der Waals surface area contributed by atoms with E-state index < -0.39 is 0 Å². The highest BCUT2D eigenvalue weighted by molar-refractivity contribution is 6.29. The van der Waals surface area contributed by atoms with E-state index in [1.807, 2.05) is 12.1 Å². The van der Waals surface area contributed by atoms with Crippen molar-refractivity contribution in [3.63, 3.8) is 0 Å². The summed E-state index contributed by atoms with van der Waals surface area (Å²) >= 11 is 5.91. The van der Waals surface area contributed by atoms with Crippen LogP contribution in [0.25, 0.3) is 11.5 Å². The molecule has 0 bridgehead atoms. The topological polar surface area (TPSA) is 38.9 Å². The van der Waals surface area contributed by atoms with Gasteiger partial charge in [0.15, 0.2) is 5.76 Å². The maximum absolute atomic E-state index is 5.91. The first-order chi connectivity index (χ1) is 7.29. The van der Waals surface area contributed by atoms with Gasteiger partial charge < -0.3 is 4.42 Å². The molecule has 0 aliphatic heterocycles. The van der Waals surface area contributed by atoms with Gasteiger partial charge in [0.25, 0.3) is 0 Å². The largest absolute Gasteiger partial charge is 0.463 e. The molecule has 0 saturated heterocycles. The second-order valence-electron chi connectivity index (χ2n) is 3.22. The van der Waals surface area contributed by atoms with Crippen molar-refractivity contribution in [3.05, 3.63) is 35.4 Å². The molecule has 0 N–H and O–H groups in total. The molecule has 15 heavy (non-hydrogen) atoms. The van der Waals surface area contributed by atoms with E-state index in [-0.39, 0.29) is 0 Å². The second-order valence-corrected chi connectivity index (χ2v) is 3.61. The molecular formula is C11H11ClN2O. The Balaban J connectivity index is 2.40. The van der Waals surface area contributed by atoms with Gasteiger partial charge in [0.05, 0.1) is 6.26 Å². The molecule has 2 rings (SSSR count). The Hall–Kier alpha value is -1.35. The number of aryl methyl sites for hydroxylation is 1. The summed E-state index contributed by atoms with van der Waals surface area (Å²) in [7, 11) is 0. The Morgan fingerprint density at radius 1 is 1.40 bits per heavy atom. The van der Waals surface area contributed by atoms with Crippen molar-refractivity contribution in [2.24, 2.45) is 0 Å². The lowest BCUT2D eigenvalue weighted by molar-refractivity contribution is 0.579. The lowest BCUT2D eigenvalue weighted by Crippen LogP contribution is -1.96. The van der Waals surface area contributed by atoms with E-state index in [1.54, 1.807) is 12.3 Å². The number of halogens is 1. The Kier molecular flexibility index (Phi) is 3.02. The van der Waals surface area contributed by atoms with Gasteiger partial charge in [-0.3, -0.25) is 0 Å². The van der Waals surface area contributed by atoms with Crippen LogP contribution in [0.4, 0.5) is 0 Å². The normalized spacial score (nSPS) is 10.5. The summed E-state index contributed by atoms with van der Waals surface area (Å²) in [6, 6.07) is 5.39. The predicted octanol–water partition coefficient (Wildman–Crippen LogP) is 3.34. The number of furan rings is 1. The van der Waals surface area contributed by atoms with Crippen LogP contribution in [0, 0.1) is 0 Å². The van der Waals surface area contributed by atoms with E-state index in [1.165, 1.54) is 0 Å². The number of nitrogens with zero attached hydrogens (tertiary/aromatic N) is 2. The van der Waals surface area contributed by atoms with Gasteiger partial charge in [-0.2, -0.15) is 0 Å². The monoisotopic (exact) mass is 222 g/mol. The molecule has 0 aliphatic rings. The van der Waals surface area contributed by atoms with Crippen LogP contribution >= 0.6 is 11.6 Å². The summed E-state index contributed by atoms with van der Waals surface area (Å²) in [4.78, 5) is 8.52. The van der Waals surface area contributed by atoms with E-state index in [4.69, 9.17) is 16.0 Å². The summed E-state index contributed by atoms with van der Waals surface area (Å²) in [5.41, 5.74) is 0.739. The first kappa shape index (κ1) is 10.2. The maximum atomic E-state index is 5.91. The zero-order chi connectivity index (χ0) is 10.7. The molecule has 3 nitrogen and oxygen atoms in total. The van der Waals surface area contributed by atoms with Crippen LogP contribution in [0.5, 0.6) is 0 Å². The molecule has 0 aromatic carbocycles. The molecule has 78 valence electrons. The van der Waals surface area contributed by atoms with Crippen molar-refractivity contribution < 1.29 is 4.42 Å². The Morgan fingerprint density at radius 3 is 2.93 bits per heavy atom. The summed E-state index contributed by atoms with van der Waals surface area (Å²) in [5, 5.41) is 0.458. The van der Waals surface area contributed by atoms with E-state index in [9.17, 15) is 0 Å². The molecule has 4 heteroatoms. The highest BCUT2D eigenvalue weighted by Crippen LogP contribution is 2.20. The number of hydrogen-bond acceptors (Lipinski definition) is 3. The average Bonchev–Trinajstić information content (AvgIpc) is 2.70. The fraction of sp³-hybridized carbons (Fsp3) is 0.273. The first-order valence-corrected chi connectivity index (χ1v) is 5.24. The van der Waals surface area contributed by atoms with E-state index in [0.29, 0.717) is 5.15 Å². The van der Waals surface area contributed by atoms with Crippen LogP contribution in [0.3, 0.4) is 0 Å². The van der Waals surface area contributed by atoms with Gasteiger partial charge in [0.2, 0.25) is 0 Å². The second kappa shape index (κ2) is 4.45. The fourth-order valence-corrected chi connectivity index (χ4v) is 1.55.